The van der Waals surface area contributed by atoms with Crippen LogP contribution in [-0.2, 0) is 4.74 Å². The summed E-state index contributed by atoms with van der Waals surface area (Å²) in [5, 5.41) is 4.22. The van der Waals surface area contributed by atoms with E-state index in [2.05, 4.69) is 26.1 Å². The topological polar surface area (TPSA) is 30.5 Å². The largest absolute Gasteiger partial charge is 0.495 e. The van der Waals surface area contributed by atoms with E-state index in [0.29, 0.717) is 22.9 Å². The third kappa shape index (κ3) is 2.75. The molecule has 112 valence electrons. The maximum Gasteiger partial charge on any atom is 0.137 e. The number of anilines is 1. The Morgan fingerprint density at radius 3 is 2.70 bits per heavy atom. The Hall–Kier alpha value is -0.930. The van der Waals surface area contributed by atoms with E-state index in [1.165, 1.54) is 0 Å². The average molecular weight is 298 g/mol. The van der Waals surface area contributed by atoms with Crippen molar-refractivity contribution in [3.63, 3.8) is 0 Å². The molecule has 0 saturated heterocycles. The monoisotopic (exact) mass is 297 g/mol. The fraction of sp³-hybridized carbons (Fsp3) is 0.625. The highest BCUT2D eigenvalue weighted by Crippen LogP contribution is 2.47. The summed E-state index contributed by atoms with van der Waals surface area (Å²) in [6.45, 7) is 7.35. The molecule has 4 heteroatoms. The van der Waals surface area contributed by atoms with Crippen LogP contribution in [0.1, 0.15) is 33.6 Å². The highest BCUT2D eigenvalue weighted by molar-refractivity contribution is 6.32. The van der Waals surface area contributed by atoms with Crippen LogP contribution >= 0.6 is 11.6 Å². The lowest BCUT2D eigenvalue weighted by Crippen LogP contribution is -2.59. The number of methoxy groups -OCH3 is 1. The second-order valence-corrected chi connectivity index (χ2v) is 5.99. The number of hydrogen-bond donors (Lipinski definition) is 1. The summed E-state index contributed by atoms with van der Waals surface area (Å²) in [5.74, 6) is 0.705. The number of nitrogens with one attached hydrogen (secondary N) is 1. The molecule has 0 amide bonds. The van der Waals surface area contributed by atoms with E-state index in [4.69, 9.17) is 21.1 Å². The molecular formula is C16H24ClNO2. The Morgan fingerprint density at radius 1 is 1.40 bits per heavy atom. The van der Waals surface area contributed by atoms with Crippen molar-refractivity contribution in [3.8, 4) is 5.75 Å². The summed E-state index contributed by atoms with van der Waals surface area (Å²) in [5.41, 5.74) is 1.22. The molecule has 0 heterocycles. The summed E-state index contributed by atoms with van der Waals surface area (Å²) in [6, 6.07) is 6.25. The van der Waals surface area contributed by atoms with Crippen LogP contribution < -0.4 is 10.1 Å². The molecule has 3 unspecified atom stereocenters. The number of rotatable bonds is 6. The van der Waals surface area contributed by atoms with Gasteiger partial charge in [0.2, 0.25) is 0 Å². The van der Waals surface area contributed by atoms with E-state index >= 15 is 0 Å². The van der Waals surface area contributed by atoms with Crippen LogP contribution in [-0.4, -0.2) is 25.9 Å². The molecule has 2 rings (SSSR count). The SMILES string of the molecule is CCOC1CC(Nc2ccc(OC)c(Cl)c2)C1(C)CC. The second kappa shape index (κ2) is 6.23. The van der Waals surface area contributed by atoms with E-state index in [1.54, 1.807) is 7.11 Å². The summed E-state index contributed by atoms with van der Waals surface area (Å²) in [6.07, 6.45) is 2.49. The van der Waals surface area contributed by atoms with E-state index in [-0.39, 0.29) is 5.41 Å². The maximum atomic E-state index is 6.17. The lowest BCUT2D eigenvalue weighted by molar-refractivity contribution is -0.109. The van der Waals surface area contributed by atoms with Crippen molar-refractivity contribution >= 4 is 17.3 Å². The van der Waals surface area contributed by atoms with E-state index in [9.17, 15) is 0 Å². The van der Waals surface area contributed by atoms with Gasteiger partial charge >= 0.3 is 0 Å². The van der Waals surface area contributed by atoms with Crippen LogP contribution in [0.25, 0.3) is 0 Å². The van der Waals surface area contributed by atoms with Crippen molar-refractivity contribution in [1.29, 1.82) is 0 Å². The first-order chi connectivity index (χ1) is 9.55. The Kier molecular flexibility index (Phi) is 4.82. The number of benzene rings is 1. The van der Waals surface area contributed by atoms with Gasteiger partial charge in [-0.2, -0.15) is 0 Å². The molecule has 0 bridgehead atoms. The van der Waals surface area contributed by atoms with E-state index in [1.807, 2.05) is 18.2 Å². The first-order valence-electron chi connectivity index (χ1n) is 7.26. The van der Waals surface area contributed by atoms with Crippen molar-refractivity contribution in [2.45, 2.75) is 45.8 Å². The van der Waals surface area contributed by atoms with Crippen LogP contribution in [0, 0.1) is 5.41 Å². The fourth-order valence-corrected chi connectivity index (χ4v) is 3.19. The Morgan fingerprint density at radius 2 is 2.15 bits per heavy atom. The summed E-state index contributed by atoms with van der Waals surface area (Å²) in [4.78, 5) is 0. The molecule has 1 aliphatic rings. The van der Waals surface area contributed by atoms with Gasteiger partial charge in [-0.25, -0.2) is 0 Å². The molecule has 1 fully saturated rings. The lowest BCUT2D eigenvalue weighted by atomic mass is 9.61. The standard InChI is InChI=1S/C16H24ClNO2/c1-5-16(3)14(10-15(16)20-6-2)18-11-7-8-13(19-4)12(17)9-11/h7-9,14-15,18H,5-6,10H2,1-4H3. The molecule has 0 spiro atoms. The van der Waals surface area contributed by atoms with Crippen molar-refractivity contribution in [2.24, 2.45) is 5.41 Å². The van der Waals surface area contributed by atoms with Gasteiger partial charge in [-0.15, -0.1) is 0 Å². The molecular weight excluding hydrogens is 274 g/mol. The third-order valence-corrected chi connectivity index (χ3v) is 4.90. The minimum atomic E-state index is 0.183. The number of hydrogen-bond acceptors (Lipinski definition) is 3. The highest BCUT2D eigenvalue weighted by Gasteiger charge is 2.51. The first-order valence-corrected chi connectivity index (χ1v) is 7.64. The fourth-order valence-electron chi connectivity index (χ4n) is 2.93. The normalized spacial score (nSPS) is 28.9. The maximum absolute atomic E-state index is 6.17. The molecule has 3 atom stereocenters. The molecule has 1 saturated carbocycles. The van der Waals surface area contributed by atoms with Gasteiger partial charge in [-0.05, 0) is 38.0 Å². The van der Waals surface area contributed by atoms with Crippen LogP contribution in [0.4, 0.5) is 5.69 Å². The number of halogens is 1. The minimum Gasteiger partial charge on any atom is -0.495 e. The Bertz CT molecular complexity index is 466. The Labute approximate surface area is 126 Å². The van der Waals surface area contributed by atoms with E-state index < -0.39 is 0 Å². The highest BCUT2D eigenvalue weighted by atomic mass is 35.5. The van der Waals surface area contributed by atoms with Crippen molar-refractivity contribution in [3.05, 3.63) is 23.2 Å². The van der Waals surface area contributed by atoms with Gasteiger partial charge in [-0.1, -0.05) is 25.4 Å². The molecule has 1 N–H and O–H groups in total. The zero-order valence-corrected chi connectivity index (χ0v) is 13.5. The van der Waals surface area contributed by atoms with Gasteiger partial charge in [-0.3, -0.25) is 0 Å². The molecule has 1 aromatic rings. The third-order valence-electron chi connectivity index (χ3n) is 4.60. The molecule has 20 heavy (non-hydrogen) atoms. The van der Waals surface area contributed by atoms with Crippen LogP contribution in [0.5, 0.6) is 5.75 Å². The quantitative estimate of drug-likeness (QED) is 0.846. The van der Waals surface area contributed by atoms with Crippen LogP contribution in [0.2, 0.25) is 5.02 Å². The summed E-state index contributed by atoms with van der Waals surface area (Å²) < 4.78 is 11.0. The van der Waals surface area contributed by atoms with E-state index in [0.717, 1.165) is 25.1 Å². The first kappa shape index (κ1) is 15.5. The zero-order valence-electron chi connectivity index (χ0n) is 12.7. The Balaban J connectivity index is 2.05. The smallest absolute Gasteiger partial charge is 0.137 e. The van der Waals surface area contributed by atoms with Gasteiger partial charge in [0.25, 0.3) is 0 Å². The lowest BCUT2D eigenvalue weighted by Gasteiger charge is -2.54. The average Bonchev–Trinajstić information content (AvgIpc) is 2.45. The molecule has 0 aromatic heterocycles. The van der Waals surface area contributed by atoms with Crippen molar-refractivity contribution in [1.82, 2.24) is 0 Å². The van der Waals surface area contributed by atoms with Gasteiger partial charge < -0.3 is 14.8 Å². The van der Waals surface area contributed by atoms with Gasteiger partial charge in [0.1, 0.15) is 5.75 Å². The molecule has 0 radical (unpaired) electrons. The molecule has 3 nitrogen and oxygen atoms in total. The second-order valence-electron chi connectivity index (χ2n) is 5.59. The molecule has 0 aliphatic heterocycles. The van der Waals surface area contributed by atoms with Crippen molar-refractivity contribution < 1.29 is 9.47 Å². The molecule has 1 aliphatic carbocycles. The zero-order chi connectivity index (χ0) is 14.8. The predicted molar refractivity (Wildman–Crippen MR) is 83.8 cm³/mol. The van der Waals surface area contributed by atoms with Crippen LogP contribution in [0.15, 0.2) is 18.2 Å². The predicted octanol–water partition coefficient (Wildman–Crippen LogP) is 4.35. The van der Waals surface area contributed by atoms with Gasteiger partial charge in [0, 0.05) is 23.8 Å². The van der Waals surface area contributed by atoms with Gasteiger partial charge in [0.15, 0.2) is 0 Å². The number of ether oxygens (including phenoxy) is 2. The van der Waals surface area contributed by atoms with Gasteiger partial charge in [0.05, 0.1) is 18.2 Å². The summed E-state index contributed by atoms with van der Waals surface area (Å²) >= 11 is 6.17. The van der Waals surface area contributed by atoms with Crippen molar-refractivity contribution in [2.75, 3.05) is 19.0 Å². The van der Waals surface area contributed by atoms with Crippen LogP contribution in [0.3, 0.4) is 0 Å². The minimum absolute atomic E-state index is 0.183. The summed E-state index contributed by atoms with van der Waals surface area (Å²) in [7, 11) is 1.63. The molecule has 1 aromatic carbocycles.